The van der Waals surface area contributed by atoms with E-state index < -0.39 is 126 Å². The number of amides is 11. The number of phenols is 1. The lowest BCUT2D eigenvalue weighted by Gasteiger charge is -2.30. The lowest BCUT2D eigenvalue weighted by molar-refractivity contribution is -0.142. The second-order valence-electron chi connectivity index (χ2n) is 22.7. The molecule has 21 N–H and O–H groups in total. The first-order valence-corrected chi connectivity index (χ1v) is 30.2. The van der Waals surface area contributed by atoms with Crippen LogP contribution in [0.15, 0.2) is 64.6 Å². The number of rotatable bonds is 36. The van der Waals surface area contributed by atoms with Crippen LogP contribution in [0, 0.1) is 5.92 Å². The molecule has 0 radical (unpaired) electrons. The Balaban J connectivity index is 1.51. The second kappa shape index (κ2) is 36.9. The highest BCUT2D eigenvalue weighted by atomic mass is 16.3. The molecule has 30 nitrogen and oxygen atoms in total. The van der Waals surface area contributed by atoms with Gasteiger partial charge < -0.3 is 91.8 Å². The van der Waals surface area contributed by atoms with Crippen LogP contribution in [0.1, 0.15) is 116 Å². The fraction of sp³-hybridized carbons (Fsp3) is 0.576. The SMILES string of the molecule is CC(=O)N[C@@H](Cc1ccc(O)cc1)C(=O)NCC(=O)N1CCC[C@H]1C(=O)N[C@@H](Cc1ccccc1)C(=O)N[C@@H](CC(C)C)C(=O)N[C@@H](CCCN=C(N)N)C(=O)N[C@H](C)C(=O)N[C@@H](CCCN=C(N)N)C(=O)N1CCC[C@H]1C(=O)N[C@@H](CCCCN)C(N)=O. The number of nitrogens with two attached hydrogens (primary N) is 6. The van der Waals surface area contributed by atoms with Gasteiger partial charge in [-0.25, -0.2) is 0 Å². The van der Waals surface area contributed by atoms with E-state index in [0.717, 1.165) is 0 Å². The fourth-order valence-electron chi connectivity index (χ4n) is 10.4. The zero-order valence-corrected chi connectivity index (χ0v) is 51.3. The molecule has 4 rings (SSSR count). The molecule has 0 spiro atoms. The van der Waals surface area contributed by atoms with Crippen molar-refractivity contribution in [3.63, 3.8) is 0 Å². The molecule has 9 atom stereocenters. The number of unbranched alkanes of at least 4 members (excludes halogenated alkanes) is 1. The Morgan fingerprint density at radius 3 is 1.61 bits per heavy atom. The Kier molecular flexibility index (Phi) is 30.0. The maximum atomic E-state index is 14.6. The van der Waals surface area contributed by atoms with Gasteiger partial charge in [-0.2, -0.15) is 0 Å². The number of aliphatic imine (C=N–C) groups is 2. The number of phenolic OH excluding ortho intramolecular Hbond substituents is 1. The van der Waals surface area contributed by atoms with Gasteiger partial charge in [0.15, 0.2) is 11.9 Å². The lowest BCUT2D eigenvalue weighted by atomic mass is 10.00. The molecule has 89 heavy (non-hydrogen) atoms. The van der Waals surface area contributed by atoms with Crippen LogP contribution >= 0.6 is 0 Å². The van der Waals surface area contributed by atoms with Crippen molar-refractivity contribution in [3.05, 3.63) is 65.7 Å². The van der Waals surface area contributed by atoms with Crippen LogP contribution in [0.4, 0.5) is 0 Å². The summed E-state index contributed by atoms with van der Waals surface area (Å²) in [4.78, 5) is 162. The number of primary amides is 1. The van der Waals surface area contributed by atoms with Crippen molar-refractivity contribution in [2.45, 2.75) is 172 Å². The maximum Gasteiger partial charge on any atom is 0.245 e. The summed E-state index contributed by atoms with van der Waals surface area (Å²) in [7, 11) is 0. The quantitative estimate of drug-likeness (QED) is 0.0179. The number of hydrogen-bond acceptors (Lipinski definition) is 15. The molecular formula is C59H92N18O12. The van der Waals surface area contributed by atoms with Gasteiger partial charge in [0, 0.05) is 45.9 Å². The summed E-state index contributed by atoms with van der Waals surface area (Å²) in [5.41, 5.74) is 34.7. The topological polar surface area (TPSA) is 492 Å². The molecule has 2 heterocycles. The predicted octanol–water partition coefficient (Wildman–Crippen LogP) is -3.52. The highest BCUT2D eigenvalue weighted by molar-refractivity contribution is 5.99. The minimum Gasteiger partial charge on any atom is -0.508 e. The summed E-state index contributed by atoms with van der Waals surface area (Å²) < 4.78 is 0. The Hall–Kier alpha value is -9.09. The molecule has 0 aromatic heterocycles. The minimum atomic E-state index is -1.36. The fourth-order valence-corrected chi connectivity index (χ4v) is 10.4. The summed E-state index contributed by atoms with van der Waals surface area (Å²) in [6.45, 7) is 6.53. The Labute approximate surface area is 518 Å². The number of carbonyl (C=O) groups is 11. The highest BCUT2D eigenvalue weighted by Gasteiger charge is 2.41. The van der Waals surface area contributed by atoms with Crippen molar-refractivity contribution in [3.8, 4) is 5.75 Å². The molecule has 30 heteroatoms. The van der Waals surface area contributed by atoms with Crippen LogP contribution in [0.25, 0.3) is 0 Å². The van der Waals surface area contributed by atoms with Crippen LogP contribution in [0.2, 0.25) is 0 Å². The number of likely N-dealkylation sites (tertiary alicyclic amines) is 2. The van der Waals surface area contributed by atoms with Gasteiger partial charge in [-0.1, -0.05) is 56.3 Å². The van der Waals surface area contributed by atoms with E-state index in [1.165, 1.54) is 35.8 Å². The first-order valence-electron chi connectivity index (χ1n) is 30.2. The Morgan fingerprint density at radius 2 is 1.04 bits per heavy atom. The normalized spacial score (nSPS) is 16.8. The molecule has 2 saturated heterocycles. The molecule has 2 fully saturated rings. The van der Waals surface area contributed by atoms with Crippen LogP contribution in [0.3, 0.4) is 0 Å². The first-order chi connectivity index (χ1) is 42.3. The highest BCUT2D eigenvalue weighted by Crippen LogP contribution is 2.22. The van der Waals surface area contributed by atoms with Crippen molar-refractivity contribution in [1.29, 1.82) is 0 Å². The van der Waals surface area contributed by atoms with Crippen LogP contribution in [-0.2, 0) is 65.6 Å². The third-order valence-corrected chi connectivity index (χ3v) is 15.0. The summed E-state index contributed by atoms with van der Waals surface area (Å²) in [5.74, 6) is -8.16. The van der Waals surface area contributed by atoms with Gasteiger partial charge in [0.1, 0.15) is 60.1 Å². The Morgan fingerprint density at radius 1 is 0.551 bits per heavy atom. The number of aromatic hydroxyl groups is 1. The van der Waals surface area contributed by atoms with Gasteiger partial charge in [-0.3, -0.25) is 62.7 Å². The molecule has 2 aromatic carbocycles. The van der Waals surface area contributed by atoms with E-state index in [1.807, 2.05) is 13.8 Å². The molecule has 490 valence electrons. The summed E-state index contributed by atoms with van der Waals surface area (Å²) >= 11 is 0. The number of nitrogens with one attached hydrogen (secondary N) is 8. The van der Waals surface area contributed by atoms with Gasteiger partial charge in [0.25, 0.3) is 0 Å². The van der Waals surface area contributed by atoms with E-state index in [4.69, 9.17) is 34.4 Å². The summed E-state index contributed by atoms with van der Waals surface area (Å²) in [6, 6.07) is 4.16. The number of carbonyl (C=O) groups excluding carboxylic acids is 11. The van der Waals surface area contributed by atoms with E-state index in [1.54, 1.807) is 42.5 Å². The van der Waals surface area contributed by atoms with Gasteiger partial charge in [-0.15, -0.1) is 0 Å². The summed E-state index contributed by atoms with van der Waals surface area (Å²) in [6.07, 6.45) is 3.08. The van der Waals surface area contributed by atoms with Crippen molar-refractivity contribution in [2.75, 3.05) is 39.3 Å². The molecule has 2 aliphatic rings. The van der Waals surface area contributed by atoms with Gasteiger partial charge in [0.05, 0.1) is 6.54 Å². The van der Waals surface area contributed by atoms with Crippen molar-refractivity contribution in [1.82, 2.24) is 52.3 Å². The largest absolute Gasteiger partial charge is 0.508 e. The zero-order chi connectivity index (χ0) is 65.7. The molecule has 2 aromatic rings. The van der Waals surface area contributed by atoms with E-state index in [9.17, 15) is 57.8 Å². The number of benzene rings is 2. The zero-order valence-electron chi connectivity index (χ0n) is 51.3. The lowest BCUT2D eigenvalue weighted by Crippen LogP contribution is -2.60. The number of guanidine groups is 2. The average Bonchev–Trinajstić information content (AvgIpc) is 3.41. The summed E-state index contributed by atoms with van der Waals surface area (Å²) in [5, 5.41) is 31.1. The molecular weight excluding hydrogens is 1150 g/mol. The average molecular weight is 1250 g/mol. The van der Waals surface area contributed by atoms with E-state index in [2.05, 4.69) is 52.5 Å². The maximum absolute atomic E-state index is 14.6. The van der Waals surface area contributed by atoms with Crippen LogP contribution in [0.5, 0.6) is 5.75 Å². The van der Waals surface area contributed by atoms with Crippen LogP contribution < -0.4 is 76.9 Å². The van der Waals surface area contributed by atoms with E-state index in [-0.39, 0.29) is 114 Å². The minimum absolute atomic E-state index is 0.00632. The standard InChI is InChI=1S/C59H92N18O12/c1-34(2)30-43(74-54(86)45(31-37-14-6-5-7-15-37)75-55(87)46-19-12-28-76(46)48(80)33-68-51(83)44(70-36(4)78)32-38-21-23-39(79)24-22-38)53(85)72-41(17-10-26-66-58(62)63)52(84)69-35(3)50(82)73-42(18-11-27-67-59(64)65)57(89)77-29-13-20-47(77)56(88)71-40(49(61)81)16-8-9-25-60/h5-7,14-15,21-24,34-35,40-47,79H,8-13,16-20,25-33,60H2,1-4H3,(H2,61,81)(H,68,83)(H,69,84)(H,70,78)(H,71,88)(H,72,85)(H,73,82)(H,74,86)(H,75,87)(H4,62,63,66)(H4,64,65,67)/t35-,40+,41+,42+,43+,44+,45+,46+,47+/m1/s1. The molecule has 2 aliphatic heterocycles. The van der Waals surface area contributed by atoms with Crippen molar-refractivity contribution >= 4 is 76.9 Å². The second-order valence-corrected chi connectivity index (χ2v) is 22.7. The smallest absolute Gasteiger partial charge is 0.245 e. The predicted molar refractivity (Wildman–Crippen MR) is 331 cm³/mol. The van der Waals surface area contributed by atoms with Gasteiger partial charge >= 0.3 is 0 Å². The van der Waals surface area contributed by atoms with Gasteiger partial charge in [-0.05, 0) is 120 Å². The van der Waals surface area contributed by atoms with Crippen LogP contribution in [-0.4, -0.2) is 185 Å². The van der Waals surface area contributed by atoms with E-state index >= 15 is 0 Å². The third kappa shape index (κ3) is 24.9. The monoisotopic (exact) mass is 1240 g/mol. The molecule has 0 saturated carbocycles. The van der Waals surface area contributed by atoms with Crippen molar-refractivity contribution < 1.29 is 57.8 Å². The molecule has 0 aliphatic carbocycles. The molecule has 11 amide bonds. The number of hydrogen-bond donors (Lipinski definition) is 15. The third-order valence-electron chi connectivity index (χ3n) is 15.0. The van der Waals surface area contributed by atoms with E-state index in [0.29, 0.717) is 43.4 Å². The van der Waals surface area contributed by atoms with Gasteiger partial charge in [0.2, 0.25) is 65.0 Å². The number of nitrogens with zero attached hydrogens (tertiary/aromatic N) is 4. The molecule has 0 bridgehead atoms. The van der Waals surface area contributed by atoms with Crippen molar-refractivity contribution in [2.24, 2.45) is 50.3 Å². The molecule has 0 unspecified atom stereocenters. The Bertz CT molecular complexity index is 2800. The first kappa shape index (κ1) is 72.4.